The van der Waals surface area contributed by atoms with Gasteiger partial charge in [-0.25, -0.2) is 9.97 Å². The van der Waals surface area contributed by atoms with E-state index >= 15 is 0 Å². The lowest BCUT2D eigenvalue weighted by Gasteiger charge is -2.23. The fraction of sp³-hybridized carbons (Fsp3) is 0.667. The van der Waals surface area contributed by atoms with E-state index < -0.39 is 0 Å². The molecule has 122 valence electrons. The van der Waals surface area contributed by atoms with Crippen LogP contribution in [0.5, 0.6) is 0 Å². The molecule has 0 spiro atoms. The van der Waals surface area contributed by atoms with E-state index in [9.17, 15) is 4.79 Å². The molecule has 0 bridgehead atoms. The minimum absolute atomic E-state index is 0.0616. The SMILES string of the molecule is CNc1ncc(CN(C)C(=O)COC[C@@H]2CCCCO2)cn1. The summed E-state index contributed by atoms with van der Waals surface area (Å²) in [6.07, 6.45) is 6.85. The molecule has 0 saturated carbocycles. The molecule has 1 fully saturated rings. The predicted molar refractivity (Wildman–Crippen MR) is 82.5 cm³/mol. The number of hydrogen-bond acceptors (Lipinski definition) is 6. The summed E-state index contributed by atoms with van der Waals surface area (Å²) in [7, 11) is 3.51. The van der Waals surface area contributed by atoms with Crippen molar-refractivity contribution in [2.75, 3.05) is 39.2 Å². The third-order valence-corrected chi connectivity index (χ3v) is 3.58. The first-order chi connectivity index (χ1) is 10.7. The Morgan fingerprint density at radius 3 is 2.86 bits per heavy atom. The van der Waals surface area contributed by atoms with Gasteiger partial charge in [-0.05, 0) is 19.3 Å². The van der Waals surface area contributed by atoms with E-state index in [0.29, 0.717) is 19.1 Å². The number of hydrogen-bond donors (Lipinski definition) is 1. The van der Waals surface area contributed by atoms with Crippen molar-refractivity contribution in [2.24, 2.45) is 0 Å². The van der Waals surface area contributed by atoms with Crippen molar-refractivity contribution in [1.29, 1.82) is 0 Å². The van der Waals surface area contributed by atoms with E-state index in [1.165, 1.54) is 6.42 Å². The monoisotopic (exact) mass is 308 g/mol. The molecule has 7 heteroatoms. The zero-order valence-corrected chi connectivity index (χ0v) is 13.2. The Balaban J connectivity index is 1.69. The first-order valence-electron chi connectivity index (χ1n) is 7.61. The standard InChI is InChI=1S/C15H24N4O3/c1-16-15-17-7-12(8-18-15)9-19(2)14(20)11-21-10-13-5-3-4-6-22-13/h7-8,13H,3-6,9-11H2,1-2H3,(H,16,17,18)/t13-/m0/s1. The average Bonchev–Trinajstić information content (AvgIpc) is 2.56. The van der Waals surface area contributed by atoms with Crippen molar-refractivity contribution in [2.45, 2.75) is 31.9 Å². The van der Waals surface area contributed by atoms with Gasteiger partial charge in [-0.1, -0.05) is 0 Å². The average molecular weight is 308 g/mol. The number of amides is 1. The van der Waals surface area contributed by atoms with E-state index in [2.05, 4.69) is 15.3 Å². The maximum atomic E-state index is 12.0. The summed E-state index contributed by atoms with van der Waals surface area (Å²) in [6.45, 7) is 1.82. The number of carbonyl (C=O) groups excluding carboxylic acids is 1. The molecule has 1 aromatic heterocycles. The van der Waals surface area contributed by atoms with E-state index in [4.69, 9.17) is 9.47 Å². The molecule has 22 heavy (non-hydrogen) atoms. The topological polar surface area (TPSA) is 76.6 Å². The highest BCUT2D eigenvalue weighted by atomic mass is 16.5. The Bertz CT molecular complexity index is 460. The van der Waals surface area contributed by atoms with E-state index in [1.54, 1.807) is 31.4 Å². The van der Waals surface area contributed by atoms with Gasteiger partial charge in [0.1, 0.15) is 6.61 Å². The van der Waals surface area contributed by atoms with Gasteiger partial charge in [-0.3, -0.25) is 4.79 Å². The summed E-state index contributed by atoms with van der Waals surface area (Å²) in [6, 6.07) is 0. The number of nitrogens with zero attached hydrogens (tertiary/aromatic N) is 3. The fourth-order valence-corrected chi connectivity index (χ4v) is 2.25. The predicted octanol–water partition coefficient (Wildman–Crippen LogP) is 1.06. The second-order valence-electron chi connectivity index (χ2n) is 5.42. The molecule has 1 atom stereocenters. The highest BCUT2D eigenvalue weighted by Crippen LogP contribution is 2.12. The zero-order valence-electron chi connectivity index (χ0n) is 13.2. The maximum absolute atomic E-state index is 12.0. The molecule has 2 rings (SSSR count). The van der Waals surface area contributed by atoms with Gasteiger partial charge in [0, 0.05) is 45.2 Å². The molecule has 0 aromatic carbocycles. The van der Waals surface area contributed by atoms with Crippen LogP contribution in [-0.4, -0.2) is 60.8 Å². The number of likely N-dealkylation sites (N-methyl/N-ethyl adjacent to an activating group) is 1. The Labute approximate surface area is 131 Å². The van der Waals surface area contributed by atoms with Crippen molar-refractivity contribution >= 4 is 11.9 Å². The second kappa shape index (κ2) is 8.65. The fourth-order valence-electron chi connectivity index (χ4n) is 2.25. The maximum Gasteiger partial charge on any atom is 0.248 e. The van der Waals surface area contributed by atoms with Crippen molar-refractivity contribution < 1.29 is 14.3 Å². The highest BCUT2D eigenvalue weighted by Gasteiger charge is 2.15. The second-order valence-corrected chi connectivity index (χ2v) is 5.42. The zero-order chi connectivity index (χ0) is 15.8. The number of ether oxygens (including phenoxy) is 2. The summed E-state index contributed by atoms with van der Waals surface area (Å²) in [5.74, 6) is 0.502. The van der Waals surface area contributed by atoms with Crippen LogP contribution in [-0.2, 0) is 20.8 Å². The molecule has 1 aliphatic rings. The van der Waals surface area contributed by atoms with Crippen LogP contribution in [0.3, 0.4) is 0 Å². The summed E-state index contributed by atoms with van der Waals surface area (Å²) < 4.78 is 11.0. The van der Waals surface area contributed by atoms with Crippen LogP contribution < -0.4 is 5.32 Å². The largest absolute Gasteiger partial charge is 0.376 e. The highest BCUT2D eigenvalue weighted by molar-refractivity contribution is 5.77. The van der Waals surface area contributed by atoms with Gasteiger partial charge >= 0.3 is 0 Å². The van der Waals surface area contributed by atoms with E-state index in [-0.39, 0.29) is 18.6 Å². The lowest BCUT2D eigenvalue weighted by atomic mass is 10.1. The van der Waals surface area contributed by atoms with Crippen LogP contribution in [0.15, 0.2) is 12.4 Å². The van der Waals surface area contributed by atoms with Crippen LogP contribution in [0.2, 0.25) is 0 Å². The van der Waals surface area contributed by atoms with Gasteiger partial charge in [0.25, 0.3) is 0 Å². The first-order valence-corrected chi connectivity index (χ1v) is 7.61. The van der Waals surface area contributed by atoms with Crippen molar-refractivity contribution in [3.05, 3.63) is 18.0 Å². The van der Waals surface area contributed by atoms with Gasteiger partial charge in [0.05, 0.1) is 12.7 Å². The lowest BCUT2D eigenvalue weighted by Crippen LogP contribution is -2.32. The summed E-state index contributed by atoms with van der Waals surface area (Å²) in [5.41, 5.74) is 0.880. The quantitative estimate of drug-likeness (QED) is 0.812. The van der Waals surface area contributed by atoms with Gasteiger partial charge in [-0.2, -0.15) is 0 Å². The molecule has 1 aromatic rings. The van der Waals surface area contributed by atoms with Crippen LogP contribution >= 0.6 is 0 Å². The summed E-state index contributed by atoms with van der Waals surface area (Å²) in [5, 5.41) is 2.85. The minimum atomic E-state index is -0.0616. The van der Waals surface area contributed by atoms with E-state index in [1.807, 2.05) is 0 Å². The van der Waals surface area contributed by atoms with Crippen LogP contribution in [0.4, 0.5) is 5.95 Å². The number of anilines is 1. The molecule has 1 amide bonds. The van der Waals surface area contributed by atoms with Crippen molar-refractivity contribution in [3.63, 3.8) is 0 Å². The van der Waals surface area contributed by atoms with Crippen LogP contribution in [0, 0.1) is 0 Å². The third-order valence-electron chi connectivity index (χ3n) is 3.58. The molecule has 0 aliphatic carbocycles. The van der Waals surface area contributed by atoms with Gasteiger partial charge in [0.2, 0.25) is 11.9 Å². The minimum Gasteiger partial charge on any atom is -0.376 e. The number of carbonyl (C=O) groups is 1. The molecule has 0 unspecified atom stereocenters. The summed E-state index contributed by atoms with van der Waals surface area (Å²) in [4.78, 5) is 21.9. The Morgan fingerprint density at radius 2 is 2.23 bits per heavy atom. The molecular weight excluding hydrogens is 284 g/mol. The van der Waals surface area contributed by atoms with Crippen LogP contribution in [0.25, 0.3) is 0 Å². The molecule has 1 aliphatic heterocycles. The number of aromatic nitrogens is 2. The molecular formula is C15H24N4O3. The van der Waals surface area contributed by atoms with Gasteiger partial charge in [-0.15, -0.1) is 0 Å². The molecule has 1 N–H and O–H groups in total. The molecule has 0 radical (unpaired) electrons. The lowest BCUT2D eigenvalue weighted by molar-refractivity contribution is -0.137. The van der Waals surface area contributed by atoms with Gasteiger partial charge in [0.15, 0.2) is 0 Å². The Kier molecular flexibility index (Phi) is 6.54. The Hall–Kier alpha value is -1.73. The van der Waals surface area contributed by atoms with Crippen molar-refractivity contribution in [1.82, 2.24) is 14.9 Å². The third kappa shape index (κ3) is 5.23. The molecule has 2 heterocycles. The molecule has 1 saturated heterocycles. The smallest absolute Gasteiger partial charge is 0.248 e. The van der Waals surface area contributed by atoms with E-state index in [0.717, 1.165) is 25.0 Å². The van der Waals surface area contributed by atoms with Gasteiger partial charge < -0.3 is 19.7 Å². The Morgan fingerprint density at radius 1 is 1.45 bits per heavy atom. The normalized spacial score (nSPS) is 18.0. The summed E-state index contributed by atoms with van der Waals surface area (Å²) >= 11 is 0. The molecule has 7 nitrogen and oxygen atoms in total. The first kappa shape index (κ1) is 16.6. The number of nitrogens with one attached hydrogen (secondary N) is 1. The number of rotatable bonds is 7. The van der Waals surface area contributed by atoms with Crippen LogP contribution in [0.1, 0.15) is 24.8 Å². The van der Waals surface area contributed by atoms with Crippen molar-refractivity contribution in [3.8, 4) is 0 Å².